The van der Waals surface area contributed by atoms with Crippen LogP contribution in [-0.4, -0.2) is 36.7 Å². The zero-order valence-electron chi connectivity index (χ0n) is 13.5. The summed E-state index contributed by atoms with van der Waals surface area (Å²) < 4.78 is 11.7. The number of hydrogen-bond acceptors (Lipinski definition) is 4. The second-order valence-electron chi connectivity index (χ2n) is 5.91. The number of rotatable bonds is 9. The molecule has 0 radical (unpaired) electrons. The molecule has 0 spiro atoms. The molecule has 5 nitrogen and oxygen atoms in total. The van der Waals surface area contributed by atoms with E-state index in [0.29, 0.717) is 19.4 Å². The van der Waals surface area contributed by atoms with E-state index in [0.717, 1.165) is 38.4 Å². The summed E-state index contributed by atoms with van der Waals surface area (Å²) in [6.45, 7) is 6.74. The number of hydrogen-bond donors (Lipinski definition) is 1. The van der Waals surface area contributed by atoms with Gasteiger partial charge in [0.25, 0.3) is 0 Å². The summed E-state index contributed by atoms with van der Waals surface area (Å²) in [6.07, 6.45) is 5.60. The third kappa shape index (κ3) is 6.57. The predicted octanol–water partition coefficient (Wildman–Crippen LogP) is 2.57. The van der Waals surface area contributed by atoms with E-state index in [2.05, 4.69) is 19.2 Å². The summed E-state index contributed by atoms with van der Waals surface area (Å²) in [4.78, 5) is 23.0. The number of nitrogens with one attached hydrogen (secondary N) is 1. The number of amides is 1. The lowest BCUT2D eigenvalue weighted by molar-refractivity contribution is -0.303. The first-order chi connectivity index (χ1) is 10.0. The molecule has 1 aliphatic rings. The first-order valence-corrected chi connectivity index (χ1v) is 8.10. The zero-order chi connectivity index (χ0) is 15.7. The van der Waals surface area contributed by atoms with Crippen LogP contribution in [0.5, 0.6) is 0 Å². The smallest absolute Gasteiger partial charge is 0.222 e. The Morgan fingerprint density at radius 1 is 1.29 bits per heavy atom. The van der Waals surface area contributed by atoms with E-state index in [1.807, 2.05) is 6.92 Å². The van der Waals surface area contributed by atoms with Gasteiger partial charge in [0.2, 0.25) is 5.91 Å². The summed E-state index contributed by atoms with van der Waals surface area (Å²) in [7, 11) is 0. The molecule has 122 valence electrons. The average Bonchev–Trinajstić information content (AvgIpc) is 2.45. The fourth-order valence-corrected chi connectivity index (χ4v) is 2.56. The van der Waals surface area contributed by atoms with Gasteiger partial charge in [0, 0.05) is 19.4 Å². The van der Waals surface area contributed by atoms with Crippen molar-refractivity contribution in [2.75, 3.05) is 6.54 Å². The summed E-state index contributed by atoms with van der Waals surface area (Å²) in [6, 6.07) is 0. The molecule has 1 heterocycles. The fraction of sp³-hybridized carbons (Fsp3) is 0.875. The molecule has 3 unspecified atom stereocenters. The van der Waals surface area contributed by atoms with Crippen LogP contribution in [0.1, 0.15) is 65.7 Å². The van der Waals surface area contributed by atoms with Crippen LogP contribution in [0.25, 0.3) is 0 Å². The maximum Gasteiger partial charge on any atom is 0.222 e. The highest BCUT2D eigenvalue weighted by Gasteiger charge is 2.39. The minimum absolute atomic E-state index is 0.0159. The molecule has 3 atom stereocenters. The van der Waals surface area contributed by atoms with Gasteiger partial charge in [-0.05, 0) is 19.8 Å². The Kier molecular flexibility index (Phi) is 7.89. The molecule has 1 aliphatic heterocycles. The van der Waals surface area contributed by atoms with E-state index in [1.54, 1.807) is 0 Å². The number of carbonyl (C=O) groups excluding carboxylic acids is 2. The van der Waals surface area contributed by atoms with Gasteiger partial charge in [-0.1, -0.05) is 26.7 Å². The second-order valence-corrected chi connectivity index (χ2v) is 5.91. The lowest BCUT2D eigenvalue weighted by atomic mass is 10.0. The highest BCUT2D eigenvalue weighted by molar-refractivity contribution is 5.76. The lowest BCUT2D eigenvalue weighted by Gasteiger charge is -2.41. The van der Waals surface area contributed by atoms with E-state index in [9.17, 15) is 9.59 Å². The molecule has 0 bridgehead atoms. The van der Waals surface area contributed by atoms with Crippen molar-refractivity contribution in [3.05, 3.63) is 0 Å². The topological polar surface area (TPSA) is 64.6 Å². The first kappa shape index (κ1) is 18.1. The van der Waals surface area contributed by atoms with Crippen LogP contribution in [0, 0.1) is 0 Å². The van der Waals surface area contributed by atoms with Crippen molar-refractivity contribution >= 4 is 12.2 Å². The van der Waals surface area contributed by atoms with Crippen LogP contribution in [-0.2, 0) is 19.1 Å². The SMILES string of the molecule is CCCCNC(=O)CC1CC(C=O)OC(C)(CCCC)O1. The molecule has 1 saturated heterocycles. The van der Waals surface area contributed by atoms with Gasteiger partial charge in [-0.2, -0.15) is 0 Å². The number of ether oxygens (including phenoxy) is 2. The Morgan fingerprint density at radius 2 is 2.00 bits per heavy atom. The van der Waals surface area contributed by atoms with E-state index >= 15 is 0 Å². The minimum Gasteiger partial charge on any atom is -0.356 e. The van der Waals surface area contributed by atoms with Crippen LogP contribution in [0.3, 0.4) is 0 Å². The van der Waals surface area contributed by atoms with Gasteiger partial charge in [-0.15, -0.1) is 0 Å². The fourth-order valence-electron chi connectivity index (χ4n) is 2.56. The molecular weight excluding hydrogens is 270 g/mol. The van der Waals surface area contributed by atoms with Gasteiger partial charge < -0.3 is 19.6 Å². The van der Waals surface area contributed by atoms with Crippen LogP contribution in [0.2, 0.25) is 0 Å². The van der Waals surface area contributed by atoms with Crippen molar-refractivity contribution in [3.8, 4) is 0 Å². The van der Waals surface area contributed by atoms with Crippen LogP contribution in [0.4, 0.5) is 0 Å². The van der Waals surface area contributed by atoms with Crippen molar-refractivity contribution < 1.29 is 19.1 Å². The Balaban J connectivity index is 2.52. The maximum absolute atomic E-state index is 11.9. The van der Waals surface area contributed by atoms with Crippen molar-refractivity contribution in [1.29, 1.82) is 0 Å². The Bertz CT molecular complexity index is 334. The van der Waals surface area contributed by atoms with Crippen LogP contribution >= 0.6 is 0 Å². The molecule has 0 aromatic carbocycles. The largest absolute Gasteiger partial charge is 0.356 e. The van der Waals surface area contributed by atoms with Gasteiger partial charge in [0.15, 0.2) is 5.79 Å². The van der Waals surface area contributed by atoms with Crippen molar-refractivity contribution in [3.63, 3.8) is 0 Å². The van der Waals surface area contributed by atoms with Crippen molar-refractivity contribution in [2.45, 2.75) is 83.7 Å². The molecule has 0 aromatic rings. The second kappa shape index (κ2) is 9.15. The molecule has 1 fully saturated rings. The molecule has 1 N–H and O–H groups in total. The molecule has 1 amide bonds. The minimum atomic E-state index is -0.756. The number of unbranched alkanes of at least 4 members (excludes halogenated alkanes) is 2. The average molecular weight is 299 g/mol. The summed E-state index contributed by atoms with van der Waals surface area (Å²) in [5.74, 6) is -0.772. The molecule has 0 aliphatic carbocycles. The molecule has 21 heavy (non-hydrogen) atoms. The van der Waals surface area contributed by atoms with Gasteiger partial charge in [0.05, 0.1) is 12.5 Å². The molecule has 5 heteroatoms. The highest BCUT2D eigenvalue weighted by atomic mass is 16.7. The number of aldehydes is 1. The van der Waals surface area contributed by atoms with E-state index in [-0.39, 0.29) is 12.0 Å². The van der Waals surface area contributed by atoms with Crippen molar-refractivity contribution in [1.82, 2.24) is 5.32 Å². The lowest BCUT2D eigenvalue weighted by Crippen LogP contribution is -2.48. The molecule has 0 saturated carbocycles. The van der Waals surface area contributed by atoms with Gasteiger partial charge >= 0.3 is 0 Å². The quantitative estimate of drug-likeness (QED) is 0.525. The van der Waals surface area contributed by atoms with Gasteiger partial charge in [0.1, 0.15) is 12.4 Å². The van der Waals surface area contributed by atoms with Gasteiger partial charge in [-0.3, -0.25) is 4.79 Å². The zero-order valence-corrected chi connectivity index (χ0v) is 13.5. The van der Waals surface area contributed by atoms with E-state index < -0.39 is 11.9 Å². The summed E-state index contributed by atoms with van der Waals surface area (Å²) in [5, 5.41) is 2.89. The standard InChI is InChI=1S/C16H29NO4/c1-4-6-8-16(3)20-13(10-14(12-18)21-16)11-15(19)17-9-7-5-2/h12-14H,4-11H2,1-3H3,(H,17,19). The van der Waals surface area contributed by atoms with E-state index in [4.69, 9.17) is 9.47 Å². The molecule has 0 aromatic heterocycles. The molecular formula is C16H29NO4. The summed E-state index contributed by atoms with van der Waals surface area (Å²) in [5.41, 5.74) is 0. The normalized spacial score (nSPS) is 29.1. The third-order valence-corrected chi connectivity index (χ3v) is 3.71. The monoisotopic (exact) mass is 299 g/mol. The summed E-state index contributed by atoms with van der Waals surface area (Å²) >= 11 is 0. The Labute approximate surface area is 127 Å². The van der Waals surface area contributed by atoms with E-state index in [1.165, 1.54) is 0 Å². The highest BCUT2D eigenvalue weighted by Crippen LogP contribution is 2.31. The molecule has 1 rings (SSSR count). The van der Waals surface area contributed by atoms with Gasteiger partial charge in [-0.25, -0.2) is 0 Å². The van der Waals surface area contributed by atoms with Crippen LogP contribution in [0.15, 0.2) is 0 Å². The Hall–Kier alpha value is -0.940. The number of carbonyl (C=O) groups is 2. The third-order valence-electron chi connectivity index (χ3n) is 3.71. The Morgan fingerprint density at radius 3 is 2.62 bits per heavy atom. The maximum atomic E-state index is 11.9. The first-order valence-electron chi connectivity index (χ1n) is 8.10. The van der Waals surface area contributed by atoms with Crippen LogP contribution < -0.4 is 5.32 Å². The predicted molar refractivity (Wildman–Crippen MR) is 80.9 cm³/mol. The van der Waals surface area contributed by atoms with Crippen molar-refractivity contribution in [2.24, 2.45) is 0 Å².